The maximum atomic E-state index is 11.6. The van der Waals surface area contributed by atoms with Gasteiger partial charge in [0.25, 0.3) is 5.91 Å². The molecular formula is C13H12N2O. The predicted molar refractivity (Wildman–Crippen MR) is 61.8 cm³/mol. The monoisotopic (exact) mass is 212 g/mol. The van der Waals surface area contributed by atoms with Gasteiger partial charge < -0.3 is 5.32 Å². The van der Waals surface area contributed by atoms with Gasteiger partial charge in [0.05, 0.1) is 0 Å². The topological polar surface area (TPSA) is 42.0 Å². The zero-order chi connectivity index (χ0) is 11.2. The molecule has 1 heterocycles. The number of rotatable bonds is 3. The summed E-state index contributed by atoms with van der Waals surface area (Å²) in [6.07, 6.45) is 1.61. The number of nitrogens with zero attached hydrogens (tertiary/aromatic N) is 1. The largest absolute Gasteiger partial charge is 0.347 e. The van der Waals surface area contributed by atoms with Gasteiger partial charge in [-0.2, -0.15) is 0 Å². The van der Waals surface area contributed by atoms with E-state index in [4.69, 9.17) is 0 Å². The van der Waals surface area contributed by atoms with Gasteiger partial charge in [-0.05, 0) is 17.7 Å². The quantitative estimate of drug-likeness (QED) is 0.845. The number of aromatic nitrogens is 1. The minimum atomic E-state index is -0.149. The molecule has 0 fully saturated rings. The molecule has 0 radical (unpaired) electrons. The summed E-state index contributed by atoms with van der Waals surface area (Å²) in [5.41, 5.74) is 1.52. The van der Waals surface area contributed by atoms with E-state index >= 15 is 0 Å². The van der Waals surface area contributed by atoms with Crippen molar-refractivity contribution >= 4 is 5.91 Å². The number of amides is 1. The fourth-order valence-corrected chi connectivity index (χ4v) is 1.37. The summed E-state index contributed by atoms with van der Waals surface area (Å²) in [4.78, 5) is 15.6. The summed E-state index contributed by atoms with van der Waals surface area (Å²) < 4.78 is 0. The van der Waals surface area contributed by atoms with E-state index in [1.165, 1.54) is 0 Å². The van der Waals surface area contributed by atoms with Crippen LogP contribution < -0.4 is 5.32 Å². The molecule has 80 valence electrons. The Kier molecular flexibility index (Phi) is 3.28. The Morgan fingerprint density at radius 2 is 1.81 bits per heavy atom. The lowest BCUT2D eigenvalue weighted by Gasteiger charge is -2.04. The van der Waals surface area contributed by atoms with Crippen molar-refractivity contribution in [3.8, 4) is 0 Å². The highest BCUT2D eigenvalue weighted by Gasteiger charge is 2.04. The Morgan fingerprint density at radius 1 is 1.06 bits per heavy atom. The zero-order valence-electron chi connectivity index (χ0n) is 8.76. The molecule has 3 nitrogen and oxygen atoms in total. The van der Waals surface area contributed by atoms with E-state index in [1.54, 1.807) is 24.4 Å². The number of carbonyl (C=O) groups excluding carboxylic acids is 1. The normalized spacial score (nSPS) is 9.75. The molecule has 0 saturated carbocycles. The van der Waals surface area contributed by atoms with Gasteiger partial charge in [-0.15, -0.1) is 0 Å². The third-order valence-electron chi connectivity index (χ3n) is 2.19. The van der Waals surface area contributed by atoms with Crippen molar-refractivity contribution in [3.05, 3.63) is 66.0 Å². The smallest absolute Gasteiger partial charge is 0.270 e. The maximum Gasteiger partial charge on any atom is 0.270 e. The van der Waals surface area contributed by atoms with E-state index in [1.807, 2.05) is 30.3 Å². The molecule has 0 aliphatic rings. The highest BCUT2D eigenvalue weighted by atomic mass is 16.1. The SMILES string of the molecule is O=C(NCc1ccccc1)c1ccccn1. The van der Waals surface area contributed by atoms with E-state index in [2.05, 4.69) is 10.3 Å². The first kappa shape index (κ1) is 10.4. The van der Waals surface area contributed by atoms with Crippen LogP contribution in [0.5, 0.6) is 0 Å². The molecule has 0 bridgehead atoms. The van der Waals surface area contributed by atoms with E-state index in [0.29, 0.717) is 12.2 Å². The third-order valence-corrected chi connectivity index (χ3v) is 2.19. The van der Waals surface area contributed by atoms with Crippen LogP contribution in [0.25, 0.3) is 0 Å². The molecule has 0 unspecified atom stereocenters. The van der Waals surface area contributed by atoms with Gasteiger partial charge in [-0.1, -0.05) is 36.4 Å². The highest BCUT2D eigenvalue weighted by molar-refractivity contribution is 5.92. The standard InChI is InChI=1S/C13H12N2O/c16-13(12-8-4-5-9-14-12)15-10-11-6-2-1-3-7-11/h1-9H,10H2,(H,15,16). The van der Waals surface area contributed by atoms with Crippen LogP contribution >= 0.6 is 0 Å². The Hall–Kier alpha value is -2.16. The molecule has 1 amide bonds. The lowest BCUT2D eigenvalue weighted by molar-refractivity contribution is 0.0946. The predicted octanol–water partition coefficient (Wildman–Crippen LogP) is 2.01. The lowest BCUT2D eigenvalue weighted by atomic mass is 10.2. The molecule has 1 aromatic carbocycles. The van der Waals surface area contributed by atoms with Gasteiger partial charge in [-0.25, -0.2) is 0 Å². The van der Waals surface area contributed by atoms with Crippen molar-refractivity contribution in [1.29, 1.82) is 0 Å². The van der Waals surface area contributed by atoms with E-state index in [-0.39, 0.29) is 5.91 Å². The Balaban J connectivity index is 1.95. The summed E-state index contributed by atoms with van der Waals surface area (Å²) >= 11 is 0. The van der Waals surface area contributed by atoms with Crippen molar-refractivity contribution in [1.82, 2.24) is 10.3 Å². The molecule has 0 atom stereocenters. The molecule has 0 spiro atoms. The van der Waals surface area contributed by atoms with Crippen LogP contribution in [0.3, 0.4) is 0 Å². The molecule has 1 aromatic heterocycles. The second-order valence-electron chi connectivity index (χ2n) is 3.38. The molecular weight excluding hydrogens is 200 g/mol. The number of carbonyl (C=O) groups is 1. The van der Waals surface area contributed by atoms with Crippen molar-refractivity contribution in [2.75, 3.05) is 0 Å². The van der Waals surface area contributed by atoms with Crippen LogP contribution in [0.2, 0.25) is 0 Å². The van der Waals surface area contributed by atoms with Gasteiger partial charge in [0, 0.05) is 12.7 Å². The van der Waals surface area contributed by atoms with Crippen molar-refractivity contribution in [3.63, 3.8) is 0 Å². The van der Waals surface area contributed by atoms with Gasteiger partial charge >= 0.3 is 0 Å². The second-order valence-corrected chi connectivity index (χ2v) is 3.38. The first-order chi connectivity index (χ1) is 7.86. The average Bonchev–Trinajstić information content (AvgIpc) is 2.38. The first-order valence-electron chi connectivity index (χ1n) is 5.09. The number of pyridine rings is 1. The number of hydrogen-bond acceptors (Lipinski definition) is 2. The van der Waals surface area contributed by atoms with Gasteiger partial charge in [0.15, 0.2) is 0 Å². The molecule has 1 N–H and O–H groups in total. The number of nitrogens with one attached hydrogen (secondary N) is 1. The first-order valence-corrected chi connectivity index (χ1v) is 5.09. The summed E-state index contributed by atoms with van der Waals surface area (Å²) in [6.45, 7) is 0.524. The van der Waals surface area contributed by atoms with E-state index in [0.717, 1.165) is 5.56 Å². The molecule has 16 heavy (non-hydrogen) atoms. The number of hydrogen-bond donors (Lipinski definition) is 1. The third kappa shape index (κ3) is 2.67. The van der Waals surface area contributed by atoms with Crippen LogP contribution in [-0.2, 0) is 6.54 Å². The van der Waals surface area contributed by atoms with E-state index in [9.17, 15) is 4.79 Å². The Morgan fingerprint density at radius 3 is 2.50 bits per heavy atom. The van der Waals surface area contributed by atoms with Gasteiger partial charge in [0.1, 0.15) is 5.69 Å². The fraction of sp³-hybridized carbons (Fsp3) is 0.0769. The molecule has 2 aromatic rings. The zero-order valence-corrected chi connectivity index (χ0v) is 8.76. The highest BCUT2D eigenvalue weighted by Crippen LogP contribution is 1.99. The summed E-state index contributed by atoms with van der Waals surface area (Å²) in [7, 11) is 0. The van der Waals surface area contributed by atoms with Crippen LogP contribution in [0, 0.1) is 0 Å². The average molecular weight is 212 g/mol. The van der Waals surface area contributed by atoms with Crippen molar-refractivity contribution in [2.24, 2.45) is 0 Å². The number of benzene rings is 1. The molecule has 0 aliphatic carbocycles. The summed E-state index contributed by atoms with van der Waals surface area (Å²) in [6, 6.07) is 15.1. The maximum absolute atomic E-state index is 11.6. The fourth-order valence-electron chi connectivity index (χ4n) is 1.37. The lowest BCUT2D eigenvalue weighted by Crippen LogP contribution is -2.23. The van der Waals surface area contributed by atoms with Crippen molar-refractivity contribution in [2.45, 2.75) is 6.54 Å². The molecule has 0 aliphatic heterocycles. The van der Waals surface area contributed by atoms with Crippen LogP contribution in [0.4, 0.5) is 0 Å². The van der Waals surface area contributed by atoms with Gasteiger partial charge in [0.2, 0.25) is 0 Å². The van der Waals surface area contributed by atoms with Crippen LogP contribution in [-0.4, -0.2) is 10.9 Å². The second kappa shape index (κ2) is 5.07. The Bertz CT molecular complexity index is 454. The minimum Gasteiger partial charge on any atom is -0.347 e. The Labute approximate surface area is 94.1 Å². The summed E-state index contributed by atoms with van der Waals surface area (Å²) in [5, 5.41) is 2.81. The summed E-state index contributed by atoms with van der Waals surface area (Å²) in [5.74, 6) is -0.149. The van der Waals surface area contributed by atoms with E-state index < -0.39 is 0 Å². The van der Waals surface area contributed by atoms with Crippen LogP contribution in [0.15, 0.2) is 54.7 Å². The minimum absolute atomic E-state index is 0.149. The molecule has 0 saturated heterocycles. The molecule has 2 rings (SSSR count). The molecule has 3 heteroatoms. The van der Waals surface area contributed by atoms with Crippen molar-refractivity contribution < 1.29 is 4.79 Å². The van der Waals surface area contributed by atoms with Crippen LogP contribution in [0.1, 0.15) is 16.1 Å². The van der Waals surface area contributed by atoms with Gasteiger partial charge in [-0.3, -0.25) is 9.78 Å².